The van der Waals surface area contributed by atoms with Crippen molar-refractivity contribution >= 4 is 11.7 Å². The van der Waals surface area contributed by atoms with Gasteiger partial charge < -0.3 is 10.6 Å². The lowest BCUT2D eigenvalue weighted by Crippen LogP contribution is -2.40. The van der Waals surface area contributed by atoms with Gasteiger partial charge in [0.1, 0.15) is 12.7 Å². The third-order valence-electron chi connectivity index (χ3n) is 4.83. The molecule has 2 unspecified atom stereocenters. The number of carbonyl (C=O) groups excluding carboxylic acids is 1. The molecular weight excluding hydrogens is 399 g/mol. The Kier molecular flexibility index (Phi) is 6.09. The molecule has 11 heteroatoms. The minimum atomic E-state index is -4.40. The second-order valence-electron chi connectivity index (χ2n) is 6.82. The fourth-order valence-electron chi connectivity index (χ4n) is 2.98. The van der Waals surface area contributed by atoms with Gasteiger partial charge in [-0.15, -0.1) is 0 Å². The van der Waals surface area contributed by atoms with E-state index in [1.54, 1.807) is 11.0 Å². The molecule has 2 aromatic heterocycles. The van der Waals surface area contributed by atoms with Crippen LogP contribution in [0.3, 0.4) is 0 Å². The lowest BCUT2D eigenvalue weighted by molar-refractivity contribution is -0.137. The number of nitrogens with one attached hydrogen (secondary N) is 2. The summed E-state index contributed by atoms with van der Waals surface area (Å²) in [4.78, 5) is 16.3. The first-order chi connectivity index (χ1) is 14.2. The molecular formula is C19H22F3N7O. The maximum atomic E-state index is 12.8. The number of alkyl halides is 3. The lowest BCUT2D eigenvalue weighted by atomic mass is 10.2. The summed E-state index contributed by atoms with van der Waals surface area (Å²) >= 11 is 0. The molecule has 8 nitrogen and oxygen atoms in total. The van der Waals surface area contributed by atoms with Crippen LogP contribution in [-0.4, -0.2) is 36.6 Å². The molecule has 0 fully saturated rings. The lowest BCUT2D eigenvalue weighted by Gasteiger charge is -2.21. The molecule has 0 saturated heterocycles. The maximum Gasteiger partial charge on any atom is 0.416 e. The van der Waals surface area contributed by atoms with Gasteiger partial charge in [0.2, 0.25) is 0 Å². The van der Waals surface area contributed by atoms with Crippen LogP contribution in [-0.2, 0) is 12.6 Å². The van der Waals surface area contributed by atoms with E-state index in [-0.39, 0.29) is 12.1 Å². The van der Waals surface area contributed by atoms with Crippen LogP contribution in [0.5, 0.6) is 0 Å². The molecule has 2 N–H and O–H groups in total. The number of anilines is 1. The number of hydrogen-bond donors (Lipinski definition) is 2. The highest BCUT2D eigenvalue weighted by Crippen LogP contribution is 2.30. The molecule has 0 radical (unpaired) electrons. The van der Waals surface area contributed by atoms with Crippen LogP contribution in [0.1, 0.15) is 38.1 Å². The van der Waals surface area contributed by atoms with E-state index in [2.05, 4.69) is 25.8 Å². The van der Waals surface area contributed by atoms with Crippen molar-refractivity contribution in [1.29, 1.82) is 0 Å². The van der Waals surface area contributed by atoms with E-state index < -0.39 is 17.8 Å². The van der Waals surface area contributed by atoms with Crippen molar-refractivity contribution in [1.82, 2.24) is 29.9 Å². The molecule has 30 heavy (non-hydrogen) atoms. The Hall–Kier alpha value is -3.37. The quantitative estimate of drug-likeness (QED) is 0.633. The van der Waals surface area contributed by atoms with E-state index in [1.807, 2.05) is 20.8 Å². The van der Waals surface area contributed by atoms with Gasteiger partial charge in [0, 0.05) is 6.04 Å². The highest BCUT2D eigenvalue weighted by Gasteiger charge is 2.30. The molecule has 3 aromatic rings. The first-order valence-electron chi connectivity index (χ1n) is 9.36. The van der Waals surface area contributed by atoms with Crippen LogP contribution in [0, 0.1) is 0 Å². The van der Waals surface area contributed by atoms with Gasteiger partial charge in [-0.1, -0.05) is 6.92 Å². The van der Waals surface area contributed by atoms with Crippen LogP contribution in [0.2, 0.25) is 0 Å². The number of nitrogens with zero attached hydrogens (tertiary/aromatic N) is 5. The Labute approximate surface area is 171 Å². The molecule has 0 spiro atoms. The van der Waals surface area contributed by atoms with Crippen molar-refractivity contribution in [3.63, 3.8) is 0 Å². The van der Waals surface area contributed by atoms with Gasteiger partial charge in [-0.05, 0) is 44.5 Å². The Bertz CT molecular complexity index is 981. The van der Waals surface area contributed by atoms with Crippen molar-refractivity contribution in [2.75, 3.05) is 5.32 Å². The Morgan fingerprint density at radius 1 is 1.17 bits per heavy atom. The highest BCUT2D eigenvalue weighted by atomic mass is 19.4. The number of rotatable bonds is 6. The van der Waals surface area contributed by atoms with Gasteiger partial charge in [-0.2, -0.15) is 23.4 Å². The molecule has 3 rings (SSSR count). The van der Waals surface area contributed by atoms with E-state index in [1.165, 1.54) is 29.3 Å². The smallest absolute Gasteiger partial charge is 0.333 e. The normalized spacial score (nSPS) is 13.7. The molecule has 0 aliphatic rings. The largest absolute Gasteiger partial charge is 0.416 e. The summed E-state index contributed by atoms with van der Waals surface area (Å²) in [6, 6.07) is 3.94. The summed E-state index contributed by atoms with van der Waals surface area (Å²) in [5.74, 6) is 0. The maximum absolute atomic E-state index is 12.8. The topological polar surface area (TPSA) is 89.7 Å². The zero-order valence-corrected chi connectivity index (χ0v) is 16.7. The number of urea groups is 1. The van der Waals surface area contributed by atoms with Gasteiger partial charge >= 0.3 is 12.2 Å². The van der Waals surface area contributed by atoms with Crippen molar-refractivity contribution in [3.05, 3.63) is 54.4 Å². The second kappa shape index (κ2) is 8.56. The minimum Gasteiger partial charge on any atom is -0.333 e. The number of aromatic nitrogens is 5. The first kappa shape index (κ1) is 21.3. The molecule has 0 bridgehead atoms. The van der Waals surface area contributed by atoms with Crippen molar-refractivity contribution in [2.24, 2.45) is 0 Å². The monoisotopic (exact) mass is 421 g/mol. The van der Waals surface area contributed by atoms with Crippen LogP contribution >= 0.6 is 0 Å². The third kappa shape index (κ3) is 4.61. The van der Waals surface area contributed by atoms with Crippen LogP contribution < -0.4 is 10.6 Å². The average Bonchev–Trinajstić information content (AvgIpc) is 3.36. The number of halogens is 3. The third-order valence-corrected chi connectivity index (χ3v) is 4.83. The van der Waals surface area contributed by atoms with Crippen LogP contribution in [0.15, 0.2) is 43.1 Å². The van der Waals surface area contributed by atoms with Gasteiger partial charge in [0.05, 0.1) is 34.9 Å². The van der Waals surface area contributed by atoms with Crippen LogP contribution in [0.4, 0.5) is 23.7 Å². The van der Waals surface area contributed by atoms with Crippen LogP contribution in [0.25, 0.3) is 5.69 Å². The average molecular weight is 421 g/mol. The standard InChI is InChI=1S/C19H22F3N7O/c1-4-17-16(27-18(30)26-12(2)13(3)28-11-23-10-25-28)9-24-29(17)15-7-5-14(6-8-15)19(20,21)22/h5-13H,4H2,1-3H3,(H2,26,27,30). The zero-order chi connectivity index (χ0) is 21.9. The predicted octanol–water partition coefficient (Wildman–Crippen LogP) is 3.82. The Morgan fingerprint density at radius 2 is 1.87 bits per heavy atom. The van der Waals surface area contributed by atoms with Gasteiger partial charge in [-0.25, -0.2) is 19.1 Å². The fraction of sp³-hybridized carbons (Fsp3) is 0.368. The Balaban J connectivity index is 1.71. The molecule has 2 atom stereocenters. The molecule has 1 aromatic carbocycles. The van der Waals surface area contributed by atoms with Crippen molar-refractivity contribution in [3.8, 4) is 5.69 Å². The second-order valence-corrected chi connectivity index (χ2v) is 6.82. The molecule has 2 amide bonds. The van der Waals surface area contributed by atoms with Crippen molar-refractivity contribution < 1.29 is 18.0 Å². The van der Waals surface area contributed by atoms with Gasteiger partial charge in [0.25, 0.3) is 0 Å². The predicted molar refractivity (Wildman–Crippen MR) is 104 cm³/mol. The summed E-state index contributed by atoms with van der Waals surface area (Å²) in [7, 11) is 0. The van der Waals surface area contributed by atoms with Gasteiger partial charge in [-0.3, -0.25) is 0 Å². The summed E-state index contributed by atoms with van der Waals surface area (Å²) in [6.45, 7) is 5.62. The van der Waals surface area contributed by atoms with Gasteiger partial charge in [0.15, 0.2) is 0 Å². The molecule has 0 aliphatic heterocycles. The summed E-state index contributed by atoms with van der Waals surface area (Å²) in [5.41, 5.74) is 0.892. The summed E-state index contributed by atoms with van der Waals surface area (Å²) < 4.78 is 41.5. The fourth-order valence-corrected chi connectivity index (χ4v) is 2.98. The summed E-state index contributed by atoms with van der Waals surface area (Å²) in [5, 5.41) is 13.9. The minimum absolute atomic E-state index is 0.112. The SMILES string of the molecule is CCc1c(NC(=O)NC(C)C(C)n2cncn2)cnn1-c1ccc(C(F)(F)F)cc1. The van der Waals surface area contributed by atoms with E-state index >= 15 is 0 Å². The molecule has 0 aliphatic carbocycles. The van der Waals surface area contributed by atoms with Crippen molar-refractivity contribution in [2.45, 2.75) is 45.5 Å². The van der Waals surface area contributed by atoms with E-state index in [0.717, 1.165) is 12.1 Å². The van der Waals surface area contributed by atoms with E-state index in [0.29, 0.717) is 23.5 Å². The van der Waals surface area contributed by atoms with E-state index in [9.17, 15) is 18.0 Å². The van der Waals surface area contributed by atoms with E-state index in [4.69, 9.17) is 0 Å². The number of amides is 2. The number of carbonyl (C=O) groups is 1. The highest BCUT2D eigenvalue weighted by molar-refractivity contribution is 5.90. The molecule has 160 valence electrons. The first-order valence-corrected chi connectivity index (χ1v) is 9.36. The Morgan fingerprint density at radius 3 is 2.43 bits per heavy atom. The number of hydrogen-bond acceptors (Lipinski definition) is 4. The summed E-state index contributed by atoms with van der Waals surface area (Å²) in [6.07, 6.45) is 0.584. The number of benzene rings is 1. The molecule has 2 heterocycles. The molecule has 0 saturated carbocycles. The zero-order valence-electron chi connectivity index (χ0n) is 16.7.